The van der Waals surface area contributed by atoms with E-state index >= 15 is 0 Å². The third kappa shape index (κ3) is 8.51. The van der Waals surface area contributed by atoms with Gasteiger partial charge in [-0.3, -0.25) is 14.6 Å². The largest absolute Gasteiger partial charge is 0.390 e. The lowest BCUT2D eigenvalue weighted by molar-refractivity contribution is 0.0735. The van der Waals surface area contributed by atoms with Gasteiger partial charge < -0.3 is 25.2 Å². The molecule has 1 unspecified atom stereocenters. The Morgan fingerprint density at radius 2 is 1.78 bits per heavy atom. The number of amides is 2. The molecule has 6 rings (SSSR count). The number of aryl methyl sites for hydroxylation is 1. The molecular weight excluding hydrogens is 633 g/mol. The fourth-order valence-corrected chi connectivity index (χ4v) is 7.25. The molecule has 0 bridgehead atoms. The topological polar surface area (TPSA) is 112 Å². The Morgan fingerprint density at radius 3 is 2.51 bits per heavy atom. The standard InChI is InChI=1S/C39H44N6O3S/c1-26(2)32-16-29(21-40-23-32)22-41-24-36(46)34(17-28-10-5-4-6-11-28)43-37(47)30-18-31(20-33(19-30)44-13-7-8-14-44)39(48)45-15-9-12-35(45)38-42-27(3)25-49-38/h4-8,10-11,13-14,16,18-21,23,25-26,34-36,41,46H,9,12,15,17,22,24H2,1-3H3,(H,43,47)/t34-,35?,36+/m0/s1. The van der Waals surface area contributed by atoms with Crippen molar-refractivity contribution in [1.82, 2.24) is 30.1 Å². The first-order chi connectivity index (χ1) is 23.7. The van der Waals surface area contributed by atoms with Crippen molar-refractivity contribution in [2.24, 2.45) is 0 Å². The van der Waals surface area contributed by atoms with Crippen molar-refractivity contribution < 1.29 is 14.7 Å². The van der Waals surface area contributed by atoms with Crippen LogP contribution in [0.5, 0.6) is 0 Å². The van der Waals surface area contributed by atoms with E-state index < -0.39 is 12.1 Å². The quantitative estimate of drug-likeness (QED) is 0.136. The van der Waals surface area contributed by atoms with Gasteiger partial charge in [-0.25, -0.2) is 4.98 Å². The highest BCUT2D eigenvalue weighted by molar-refractivity contribution is 7.09. The summed E-state index contributed by atoms with van der Waals surface area (Å²) in [5.74, 6) is -0.112. The number of aromatic nitrogens is 3. The summed E-state index contributed by atoms with van der Waals surface area (Å²) in [4.78, 5) is 39.1. The van der Waals surface area contributed by atoms with Gasteiger partial charge in [0.05, 0.1) is 18.2 Å². The number of pyridine rings is 1. The third-order valence-electron chi connectivity index (χ3n) is 9.01. The average Bonchev–Trinajstić information content (AvgIpc) is 3.91. The molecule has 9 nitrogen and oxygen atoms in total. The van der Waals surface area contributed by atoms with Gasteiger partial charge in [-0.05, 0) is 79.1 Å². The van der Waals surface area contributed by atoms with Crippen LogP contribution in [0.1, 0.15) is 86.8 Å². The maximum atomic E-state index is 14.1. The Balaban J connectivity index is 1.23. The first kappa shape index (κ1) is 34.2. The molecule has 0 spiro atoms. The minimum absolute atomic E-state index is 0.0831. The summed E-state index contributed by atoms with van der Waals surface area (Å²) in [5.41, 5.74) is 5.64. The summed E-state index contributed by atoms with van der Waals surface area (Å²) < 4.78 is 1.89. The normalized spacial score (nSPS) is 15.8. The van der Waals surface area contributed by atoms with Gasteiger partial charge in [0.25, 0.3) is 11.8 Å². The number of carbonyl (C=O) groups excluding carboxylic acids is 2. The van der Waals surface area contributed by atoms with E-state index in [2.05, 4.69) is 40.5 Å². The number of aliphatic hydroxyl groups excluding tert-OH is 1. The lowest BCUT2D eigenvalue weighted by atomic mass is 9.99. The van der Waals surface area contributed by atoms with Crippen LogP contribution in [-0.4, -0.2) is 61.6 Å². The third-order valence-corrected chi connectivity index (χ3v) is 10.1. The molecule has 1 aliphatic rings. The van der Waals surface area contributed by atoms with Crippen molar-refractivity contribution in [1.29, 1.82) is 0 Å². The number of nitrogens with zero attached hydrogens (tertiary/aromatic N) is 4. The molecule has 0 radical (unpaired) electrons. The van der Waals surface area contributed by atoms with Gasteiger partial charge in [0, 0.05) is 72.3 Å². The van der Waals surface area contributed by atoms with Gasteiger partial charge in [-0.15, -0.1) is 11.3 Å². The number of carbonyl (C=O) groups is 2. The molecule has 2 aromatic carbocycles. The van der Waals surface area contributed by atoms with E-state index in [0.717, 1.165) is 40.2 Å². The predicted octanol–water partition coefficient (Wildman–Crippen LogP) is 6.23. The molecule has 2 amide bonds. The van der Waals surface area contributed by atoms with Crippen molar-refractivity contribution in [3.05, 3.63) is 135 Å². The van der Waals surface area contributed by atoms with Gasteiger partial charge >= 0.3 is 0 Å². The summed E-state index contributed by atoms with van der Waals surface area (Å²) in [7, 11) is 0. The fourth-order valence-electron chi connectivity index (χ4n) is 6.31. The van der Waals surface area contributed by atoms with Gasteiger partial charge in [0.2, 0.25) is 0 Å². The zero-order chi connectivity index (χ0) is 34.3. The smallest absolute Gasteiger partial charge is 0.254 e. The SMILES string of the molecule is Cc1csc(C2CCCN2C(=O)c2cc(C(=O)N[C@@H](Cc3ccccc3)[C@H](O)CNCc3cncc(C(C)C)c3)cc(-n3cccc3)c2)n1. The molecule has 10 heteroatoms. The van der Waals surface area contributed by atoms with Crippen LogP contribution >= 0.6 is 11.3 Å². The number of hydrogen-bond acceptors (Lipinski definition) is 7. The highest BCUT2D eigenvalue weighted by atomic mass is 32.1. The molecule has 5 aromatic rings. The number of likely N-dealkylation sites (tertiary alicyclic amines) is 1. The summed E-state index contributed by atoms with van der Waals surface area (Å²) >= 11 is 1.58. The molecule has 1 saturated heterocycles. The van der Waals surface area contributed by atoms with Gasteiger partial charge in [0.15, 0.2) is 0 Å². The van der Waals surface area contributed by atoms with Crippen LogP contribution in [0.25, 0.3) is 5.69 Å². The Labute approximate surface area is 292 Å². The number of hydrogen-bond donors (Lipinski definition) is 3. The Bertz CT molecular complexity index is 1860. The van der Waals surface area contributed by atoms with Crippen LogP contribution in [0, 0.1) is 6.92 Å². The average molecular weight is 677 g/mol. The first-order valence-corrected chi connectivity index (χ1v) is 17.8. The number of nitrogens with one attached hydrogen (secondary N) is 2. The molecule has 1 aliphatic heterocycles. The van der Waals surface area contributed by atoms with E-state index in [1.54, 1.807) is 23.5 Å². The second-order valence-electron chi connectivity index (χ2n) is 13.1. The molecule has 49 heavy (non-hydrogen) atoms. The Hall–Kier alpha value is -4.64. The van der Waals surface area contributed by atoms with Crippen molar-refractivity contribution in [2.45, 2.75) is 70.7 Å². The second-order valence-corrected chi connectivity index (χ2v) is 14.0. The van der Waals surface area contributed by atoms with E-state index in [1.165, 1.54) is 0 Å². The highest BCUT2D eigenvalue weighted by Gasteiger charge is 2.33. The molecule has 3 aromatic heterocycles. The number of rotatable bonds is 13. The molecule has 3 N–H and O–H groups in total. The molecular formula is C39H44N6O3S. The van der Waals surface area contributed by atoms with Crippen LogP contribution in [0.3, 0.4) is 0 Å². The van der Waals surface area contributed by atoms with Crippen LogP contribution in [0.4, 0.5) is 0 Å². The van der Waals surface area contributed by atoms with Crippen LogP contribution in [0.2, 0.25) is 0 Å². The van der Waals surface area contributed by atoms with Gasteiger partial charge in [0.1, 0.15) is 5.01 Å². The molecule has 0 saturated carbocycles. The van der Waals surface area contributed by atoms with E-state index in [0.29, 0.717) is 42.2 Å². The van der Waals surface area contributed by atoms with Crippen LogP contribution in [0.15, 0.2) is 96.9 Å². The molecule has 1 fully saturated rings. The van der Waals surface area contributed by atoms with Crippen molar-refractivity contribution in [3.63, 3.8) is 0 Å². The molecule has 0 aliphatic carbocycles. The fraction of sp³-hybridized carbons (Fsp3) is 0.333. The van der Waals surface area contributed by atoms with Gasteiger partial charge in [-0.1, -0.05) is 50.2 Å². The minimum atomic E-state index is -0.883. The van der Waals surface area contributed by atoms with Gasteiger partial charge in [-0.2, -0.15) is 0 Å². The summed E-state index contributed by atoms with van der Waals surface area (Å²) in [6.45, 7) is 7.67. The van der Waals surface area contributed by atoms with E-state index in [4.69, 9.17) is 0 Å². The lowest BCUT2D eigenvalue weighted by Crippen LogP contribution is -2.48. The van der Waals surface area contributed by atoms with E-state index in [1.807, 2.05) is 95.1 Å². The van der Waals surface area contributed by atoms with E-state index in [-0.39, 0.29) is 24.4 Å². The first-order valence-electron chi connectivity index (χ1n) is 16.9. The second kappa shape index (κ2) is 15.7. The van der Waals surface area contributed by atoms with Crippen LogP contribution < -0.4 is 10.6 Å². The minimum Gasteiger partial charge on any atom is -0.390 e. The number of thiazole rings is 1. The monoisotopic (exact) mass is 676 g/mol. The highest BCUT2D eigenvalue weighted by Crippen LogP contribution is 2.35. The van der Waals surface area contributed by atoms with Crippen molar-refractivity contribution in [3.8, 4) is 5.69 Å². The molecule has 4 heterocycles. The zero-order valence-electron chi connectivity index (χ0n) is 28.3. The Morgan fingerprint density at radius 1 is 1.00 bits per heavy atom. The van der Waals surface area contributed by atoms with Crippen molar-refractivity contribution >= 4 is 23.2 Å². The molecule has 254 valence electrons. The number of benzene rings is 2. The Kier molecular flexibility index (Phi) is 11.0. The molecule has 3 atom stereocenters. The number of aliphatic hydroxyl groups is 1. The summed E-state index contributed by atoms with van der Waals surface area (Å²) in [6, 6.07) is 20.4. The summed E-state index contributed by atoms with van der Waals surface area (Å²) in [6.07, 6.45) is 8.79. The maximum Gasteiger partial charge on any atom is 0.254 e. The van der Waals surface area contributed by atoms with E-state index in [9.17, 15) is 14.7 Å². The van der Waals surface area contributed by atoms with Crippen LogP contribution in [-0.2, 0) is 13.0 Å². The summed E-state index contributed by atoms with van der Waals surface area (Å²) in [5, 5.41) is 20.9. The zero-order valence-corrected chi connectivity index (χ0v) is 29.1. The lowest BCUT2D eigenvalue weighted by Gasteiger charge is -2.26. The van der Waals surface area contributed by atoms with Crippen molar-refractivity contribution in [2.75, 3.05) is 13.1 Å². The maximum absolute atomic E-state index is 14.1. The predicted molar refractivity (Wildman–Crippen MR) is 193 cm³/mol.